The van der Waals surface area contributed by atoms with E-state index in [2.05, 4.69) is 57.7 Å². The molecular formula is C54H61N9O6. The molecule has 1 aliphatic heterocycles. The Kier molecular flexibility index (Phi) is 21.3. The topological polar surface area (TPSA) is 215 Å². The van der Waals surface area contributed by atoms with Crippen LogP contribution in [0.1, 0.15) is 110 Å². The number of hydrogen-bond acceptors (Lipinski definition) is 13. The maximum atomic E-state index is 12.0. The van der Waals surface area contributed by atoms with E-state index >= 15 is 0 Å². The smallest absolute Gasteiger partial charge is 0.304 e. The molecule has 0 saturated carbocycles. The van der Waals surface area contributed by atoms with Crippen molar-refractivity contribution in [1.29, 1.82) is 0 Å². The van der Waals surface area contributed by atoms with Crippen LogP contribution in [0.25, 0.3) is 39.2 Å². The molecule has 1 aliphatic rings. The second-order valence-corrected chi connectivity index (χ2v) is 16.6. The quantitative estimate of drug-likeness (QED) is 0.0391. The molecule has 4 heterocycles. The first-order valence-electron chi connectivity index (χ1n) is 23.7. The van der Waals surface area contributed by atoms with Crippen molar-refractivity contribution >= 4 is 63.3 Å². The van der Waals surface area contributed by atoms with Gasteiger partial charge >= 0.3 is 5.97 Å². The van der Waals surface area contributed by atoms with Gasteiger partial charge in [-0.25, -0.2) is 15.0 Å². The second-order valence-electron chi connectivity index (χ2n) is 16.6. The lowest BCUT2D eigenvalue weighted by Crippen LogP contribution is -2.43. The summed E-state index contributed by atoms with van der Waals surface area (Å²) in [5, 5.41) is 25.3. The summed E-state index contributed by atoms with van der Waals surface area (Å²) >= 11 is 0. The van der Waals surface area contributed by atoms with Crippen LogP contribution in [0.4, 0.5) is 0 Å². The van der Waals surface area contributed by atoms with Crippen molar-refractivity contribution in [1.82, 2.24) is 40.5 Å². The van der Waals surface area contributed by atoms with Gasteiger partial charge in [-0.15, -0.1) is 0 Å². The van der Waals surface area contributed by atoms with Gasteiger partial charge in [-0.05, 0) is 80.1 Å². The lowest BCUT2D eigenvalue weighted by Gasteiger charge is -2.15. The molecule has 0 bridgehead atoms. The monoisotopic (exact) mass is 931 g/mol. The Morgan fingerprint density at radius 1 is 0.681 bits per heavy atom. The number of carbonyl (C=O) groups is 3. The third-order valence-electron chi connectivity index (χ3n) is 11.1. The van der Waals surface area contributed by atoms with E-state index in [0.29, 0.717) is 31.0 Å². The zero-order chi connectivity index (χ0) is 48.3. The van der Waals surface area contributed by atoms with Crippen LogP contribution < -0.4 is 10.6 Å². The van der Waals surface area contributed by atoms with E-state index in [0.717, 1.165) is 128 Å². The predicted octanol–water partition coefficient (Wildman–Crippen LogP) is 9.22. The van der Waals surface area contributed by atoms with E-state index in [4.69, 9.17) is 4.74 Å². The summed E-state index contributed by atoms with van der Waals surface area (Å²) in [6.07, 6.45) is 18.4. The summed E-state index contributed by atoms with van der Waals surface area (Å²) in [5.74, 6) is -0.415. The molecule has 0 saturated heterocycles. The number of aliphatic carboxylic acids is 1. The minimum absolute atomic E-state index is 0.0154. The number of guanidine groups is 1. The Balaban J connectivity index is 0.000000184. The molecule has 4 N–H and O–H groups in total. The largest absolute Gasteiger partial charge is 0.481 e. The fourth-order valence-electron chi connectivity index (χ4n) is 7.46. The van der Waals surface area contributed by atoms with Crippen molar-refractivity contribution in [2.24, 2.45) is 4.99 Å². The molecule has 69 heavy (non-hydrogen) atoms. The van der Waals surface area contributed by atoms with Gasteiger partial charge in [-0.2, -0.15) is 0 Å². The van der Waals surface area contributed by atoms with Gasteiger partial charge in [0.25, 0.3) is 0 Å². The number of ether oxygens (including phenoxy) is 1. The zero-order valence-corrected chi connectivity index (χ0v) is 38.9. The number of nitrogens with one attached hydrogen (secondary N) is 2. The van der Waals surface area contributed by atoms with Crippen LogP contribution in [-0.4, -0.2) is 90.0 Å². The van der Waals surface area contributed by atoms with Gasteiger partial charge in [0, 0.05) is 38.2 Å². The number of nitrogens with zero attached hydrogens (tertiary/aromatic N) is 7. The SMILES string of the molecule is O=C(O)C[C@H](CCCCCCC(=O)NC1=NCCCN1)c1cnc2ccccc2n1.O=Cc1cnc2ccccc2n1.O[C@@H](/C=C/c1cnc2ccccc2n1)CCCCCOCc1ccccc1. The number of aldehydes is 1. The van der Waals surface area contributed by atoms with Crippen LogP contribution in [0.3, 0.4) is 0 Å². The van der Waals surface area contributed by atoms with Crippen LogP contribution in [0.5, 0.6) is 0 Å². The first kappa shape index (κ1) is 51.0. The molecular weight excluding hydrogens is 871 g/mol. The number of unbranched alkanes of at least 4 members (excludes halogenated alkanes) is 5. The van der Waals surface area contributed by atoms with Gasteiger partial charge in [0.15, 0.2) is 12.2 Å². The van der Waals surface area contributed by atoms with Crippen molar-refractivity contribution in [3.8, 4) is 0 Å². The molecule has 0 unspecified atom stereocenters. The van der Waals surface area contributed by atoms with Gasteiger partial charge in [0.05, 0.1) is 76.0 Å². The summed E-state index contributed by atoms with van der Waals surface area (Å²) < 4.78 is 5.68. The first-order chi connectivity index (χ1) is 33.8. The van der Waals surface area contributed by atoms with E-state index < -0.39 is 12.1 Å². The number of para-hydroxylation sites is 6. The van der Waals surface area contributed by atoms with Gasteiger partial charge in [-0.3, -0.25) is 39.6 Å². The highest BCUT2D eigenvalue weighted by molar-refractivity contribution is 5.97. The highest BCUT2D eigenvalue weighted by atomic mass is 16.5. The Morgan fingerprint density at radius 2 is 1.26 bits per heavy atom. The van der Waals surface area contributed by atoms with Gasteiger partial charge in [0.1, 0.15) is 5.69 Å². The number of benzene rings is 4. The van der Waals surface area contributed by atoms with Crippen LogP contribution in [-0.2, 0) is 20.9 Å². The third-order valence-corrected chi connectivity index (χ3v) is 11.1. The summed E-state index contributed by atoms with van der Waals surface area (Å²) in [7, 11) is 0. The second kappa shape index (κ2) is 28.7. The minimum Gasteiger partial charge on any atom is -0.481 e. The molecule has 15 heteroatoms. The van der Waals surface area contributed by atoms with Gasteiger partial charge < -0.3 is 20.3 Å². The molecule has 2 atom stereocenters. The molecule has 1 amide bonds. The lowest BCUT2D eigenvalue weighted by atomic mass is 9.94. The number of aliphatic hydroxyl groups is 1. The van der Waals surface area contributed by atoms with Gasteiger partial charge in [-0.1, -0.05) is 105 Å². The highest BCUT2D eigenvalue weighted by Gasteiger charge is 2.18. The highest BCUT2D eigenvalue weighted by Crippen LogP contribution is 2.26. The number of carboxylic acid groups (broad SMARTS) is 1. The number of rotatable bonds is 21. The Morgan fingerprint density at radius 3 is 1.91 bits per heavy atom. The van der Waals surface area contributed by atoms with Crippen LogP contribution in [0, 0.1) is 0 Å². The molecule has 0 aliphatic carbocycles. The molecule has 4 aromatic carbocycles. The van der Waals surface area contributed by atoms with Crippen LogP contribution in [0.2, 0.25) is 0 Å². The molecule has 8 rings (SSSR count). The molecule has 3 aromatic heterocycles. The molecule has 0 fully saturated rings. The summed E-state index contributed by atoms with van der Waals surface area (Å²) in [6.45, 7) is 3.02. The molecule has 7 aromatic rings. The fraction of sp³-hybridized carbons (Fsp3) is 0.333. The van der Waals surface area contributed by atoms with E-state index in [-0.39, 0.29) is 18.2 Å². The lowest BCUT2D eigenvalue weighted by molar-refractivity contribution is -0.137. The number of aromatic nitrogens is 6. The van der Waals surface area contributed by atoms with Crippen molar-refractivity contribution in [3.05, 3.63) is 150 Å². The Labute approximate surface area is 402 Å². The van der Waals surface area contributed by atoms with Crippen LogP contribution in [0.15, 0.2) is 133 Å². The summed E-state index contributed by atoms with van der Waals surface area (Å²) in [5.41, 5.74) is 7.97. The number of fused-ring (bicyclic) bond motifs is 3. The summed E-state index contributed by atoms with van der Waals surface area (Å²) in [6, 6.07) is 33.0. The van der Waals surface area contributed by atoms with Crippen molar-refractivity contribution in [2.75, 3.05) is 19.7 Å². The summed E-state index contributed by atoms with van der Waals surface area (Å²) in [4.78, 5) is 63.9. The minimum atomic E-state index is -0.828. The van der Waals surface area contributed by atoms with Crippen molar-refractivity contribution < 1.29 is 29.3 Å². The Hall–Kier alpha value is -7.36. The first-order valence-corrected chi connectivity index (χ1v) is 23.7. The van der Waals surface area contributed by atoms with E-state index in [1.165, 1.54) is 11.8 Å². The van der Waals surface area contributed by atoms with E-state index in [1.807, 2.05) is 97.1 Å². The normalized spacial score (nSPS) is 13.0. The number of hydrogen-bond donors (Lipinski definition) is 4. The fourth-order valence-corrected chi connectivity index (χ4v) is 7.46. The maximum Gasteiger partial charge on any atom is 0.304 e. The molecule has 0 spiro atoms. The zero-order valence-electron chi connectivity index (χ0n) is 38.9. The van der Waals surface area contributed by atoms with E-state index in [1.54, 1.807) is 18.5 Å². The molecule has 0 radical (unpaired) electrons. The average Bonchev–Trinajstić information content (AvgIpc) is 3.39. The van der Waals surface area contributed by atoms with Crippen LogP contribution >= 0.6 is 0 Å². The van der Waals surface area contributed by atoms with Crippen molar-refractivity contribution in [2.45, 2.75) is 95.7 Å². The van der Waals surface area contributed by atoms with Gasteiger partial charge in [0.2, 0.25) is 5.91 Å². The predicted molar refractivity (Wildman–Crippen MR) is 269 cm³/mol. The number of carbonyl (C=O) groups excluding carboxylic acids is 2. The number of carboxylic acids is 1. The number of aliphatic imine (C=N–C) groups is 1. The average molecular weight is 932 g/mol. The van der Waals surface area contributed by atoms with E-state index in [9.17, 15) is 24.6 Å². The standard InChI is InChI=1S/C23H26N2O2.C22H29N5O3.C9H6N2O/c26-21(11-5-2-8-16-27-18-19-9-3-1-4-10-19)15-14-20-17-24-22-12-6-7-13-23(22)25-20;28-20(27-22-23-12-7-13-24-22)11-4-2-1-3-8-16(14-21(29)30)19-15-25-17-9-5-6-10-18(17)26-19;12-6-7-5-10-8-3-1-2-4-9(8)11-7/h1,3-4,6-7,9-10,12-15,17,21,26H,2,5,8,11,16,18H2;5-6,9-10,15-16H,1-4,7-8,11-14H2,(H,29,30)(H2,23,24,27,28);1-6H/b15-14+;;/t21-;16-;/m10./s1. The third kappa shape index (κ3) is 18.3. The maximum absolute atomic E-state index is 12.0. The van der Waals surface area contributed by atoms with Crippen molar-refractivity contribution in [3.63, 3.8) is 0 Å². The number of amides is 1. The molecule has 15 nitrogen and oxygen atoms in total. The number of aliphatic hydroxyl groups excluding tert-OH is 1. The Bertz CT molecular complexity index is 2750. The molecule has 358 valence electrons.